The summed E-state index contributed by atoms with van der Waals surface area (Å²) in [6, 6.07) is 13.3. The van der Waals surface area contributed by atoms with Crippen molar-refractivity contribution >= 4 is 11.9 Å². The van der Waals surface area contributed by atoms with Crippen molar-refractivity contribution in [2.24, 2.45) is 0 Å². The Hall–Kier alpha value is -3.54. The van der Waals surface area contributed by atoms with E-state index in [1.807, 2.05) is 49.4 Å². The van der Waals surface area contributed by atoms with E-state index < -0.39 is 0 Å². The second kappa shape index (κ2) is 8.68. The van der Waals surface area contributed by atoms with Crippen molar-refractivity contribution in [3.05, 3.63) is 70.7 Å². The number of nitrogens with one attached hydrogen (secondary N) is 1. The molecule has 1 aliphatic rings. The molecule has 1 aromatic heterocycles. The van der Waals surface area contributed by atoms with Crippen LogP contribution < -0.4 is 14.8 Å². The monoisotopic (exact) mass is 417 g/mol. The number of hydrogen-bond acceptors (Lipinski definition) is 6. The van der Waals surface area contributed by atoms with Crippen LogP contribution in [-0.4, -0.2) is 29.3 Å². The summed E-state index contributed by atoms with van der Waals surface area (Å²) < 4.78 is 10.9. The fourth-order valence-electron chi connectivity index (χ4n) is 3.92. The van der Waals surface area contributed by atoms with Crippen molar-refractivity contribution in [1.82, 2.24) is 9.97 Å². The van der Waals surface area contributed by atoms with Crippen molar-refractivity contribution in [1.29, 1.82) is 0 Å². The third-order valence-corrected chi connectivity index (χ3v) is 5.56. The van der Waals surface area contributed by atoms with Gasteiger partial charge in [-0.3, -0.25) is 0 Å². The van der Waals surface area contributed by atoms with E-state index in [4.69, 9.17) is 19.4 Å². The standard InChI is InChI=1S/C25H27N3O3/c1-5-19-23(18-12-11-16(30-3)14-22(18)31-4)26-20(6-2)25(27-19)28-24-17-10-8-7-9-15(17)13-21(24)29/h7-14,24,29H,5-6H2,1-4H3,(H,27,28). The van der Waals surface area contributed by atoms with Crippen molar-refractivity contribution in [2.75, 3.05) is 19.5 Å². The molecule has 0 amide bonds. The number of nitrogens with zero attached hydrogens (tertiary/aromatic N) is 2. The molecule has 0 fully saturated rings. The minimum Gasteiger partial charge on any atom is -0.510 e. The first-order valence-corrected chi connectivity index (χ1v) is 10.5. The molecule has 0 saturated heterocycles. The number of fused-ring (bicyclic) bond motifs is 1. The van der Waals surface area contributed by atoms with Gasteiger partial charge in [0.1, 0.15) is 29.1 Å². The summed E-state index contributed by atoms with van der Waals surface area (Å²) in [5.74, 6) is 2.39. The first-order valence-electron chi connectivity index (χ1n) is 10.5. The highest BCUT2D eigenvalue weighted by Gasteiger charge is 2.26. The van der Waals surface area contributed by atoms with E-state index in [0.717, 1.165) is 39.5 Å². The highest BCUT2D eigenvalue weighted by molar-refractivity contribution is 5.72. The predicted octanol–water partition coefficient (Wildman–Crippen LogP) is 5.35. The summed E-state index contributed by atoms with van der Waals surface area (Å²) in [7, 11) is 3.27. The predicted molar refractivity (Wildman–Crippen MR) is 123 cm³/mol. The van der Waals surface area contributed by atoms with Gasteiger partial charge in [0.25, 0.3) is 0 Å². The first kappa shape index (κ1) is 20.7. The van der Waals surface area contributed by atoms with Gasteiger partial charge in [-0.1, -0.05) is 38.1 Å². The minimum atomic E-state index is -0.332. The number of benzene rings is 2. The molecular formula is C25H27N3O3. The molecule has 1 heterocycles. The van der Waals surface area contributed by atoms with Gasteiger partial charge in [-0.25, -0.2) is 9.97 Å². The first-order chi connectivity index (χ1) is 15.1. The second-order valence-corrected chi connectivity index (χ2v) is 7.36. The van der Waals surface area contributed by atoms with Crippen LogP contribution in [0.1, 0.15) is 42.4 Å². The summed E-state index contributed by atoms with van der Waals surface area (Å²) in [5, 5.41) is 14.0. The molecule has 2 aromatic carbocycles. The lowest BCUT2D eigenvalue weighted by Crippen LogP contribution is -2.15. The normalized spacial score (nSPS) is 14.7. The van der Waals surface area contributed by atoms with E-state index in [9.17, 15) is 5.11 Å². The molecule has 0 bridgehead atoms. The van der Waals surface area contributed by atoms with Gasteiger partial charge in [0.15, 0.2) is 0 Å². The van der Waals surface area contributed by atoms with Crippen LogP contribution in [0.4, 0.5) is 5.82 Å². The number of aliphatic hydroxyl groups excluding tert-OH is 1. The summed E-state index contributed by atoms with van der Waals surface area (Å²) >= 11 is 0. The van der Waals surface area contributed by atoms with Gasteiger partial charge in [0.2, 0.25) is 0 Å². The molecule has 1 atom stereocenters. The molecule has 0 radical (unpaired) electrons. The average Bonchev–Trinajstić information content (AvgIpc) is 3.13. The van der Waals surface area contributed by atoms with Crippen LogP contribution in [0.15, 0.2) is 48.2 Å². The van der Waals surface area contributed by atoms with Gasteiger partial charge in [0.05, 0.1) is 31.3 Å². The third-order valence-electron chi connectivity index (χ3n) is 5.56. The van der Waals surface area contributed by atoms with Crippen molar-refractivity contribution in [3.63, 3.8) is 0 Å². The Labute approximate surface area is 182 Å². The lowest BCUT2D eigenvalue weighted by Gasteiger charge is -2.20. The van der Waals surface area contributed by atoms with Gasteiger partial charge in [-0.2, -0.15) is 0 Å². The van der Waals surface area contributed by atoms with Crippen molar-refractivity contribution in [2.45, 2.75) is 32.7 Å². The molecule has 1 unspecified atom stereocenters. The highest BCUT2D eigenvalue weighted by Crippen LogP contribution is 2.38. The Kier molecular flexibility index (Phi) is 5.80. The molecule has 3 aromatic rings. The number of aliphatic hydroxyl groups is 1. The molecule has 0 aliphatic heterocycles. The number of hydrogen-bond donors (Lipinski definition) is 2. The minimum absolute atomic E-state index is 0.281. The van der Waals surface area contributed by atoms with Crippen LogP contribution in [0, 0.1) is 0 Å². The lowest BCUT2D eigenvalue weighted by molar-refractivity contribution is 0.387. The number of aryl methyl sites for hydroxylation is 2. The fourth-order valence-corrected chi connectivity index (χ4v) is 3.92. The number of methoxy groups -OCH3 is 2. The van der Waals surface area contributed by atoms with E-state index in [-0.39, 0.29) is 11.8 Å². The van der Waals surface area contributed by atoms with Gasteiger partial charge < -0.3 is 19.9 Å². The van der Waals surface area contributed by atoms with Gasteiger partial charge >= 0.3 is 0 Å². The number of aromatic nitrogens is 2. The van der Waals surface area contributed by atoms with Crippen LogP contribution in [-0.2, 0) is 12.8 Å². The molecule has 4 rings (SSSR count). The van der Waals surface area contributed by atoms with E-state index >= 15 is 0 Å². The van der Waals surface area contributed by atoms with E-state index in [1.165, 1.54) is 0 Å². The second-order valence-electron chi connectivity index (χ2n) is 7.36. The maximum absolute atomic E-state index is 10.5. The molecule has 2 N–H and O–H groups in total. The molecule has 0 saturated carbocycles. The van der Waals surface area contributed by atoms with Gasteiger partial charge in [0, 0.05) is 11.6 Å². The molecule has 1 aliphatic carbocycles. The van der Waals surface area contributed by atoms with Crippen LogP contribution in [0.5, 0.6) is 11.5 Å². The van der Waals surface area contributed by atoms with E-state index in [1.54, 1.807) is 20.3 Å². The average molecular weight is 418 g/mol. The Morgan fingerprint density at radius 2 is 1.74 bits per heavy atom. The topological polar surface area (TPSA) is 76.5 Å². The van der Waals surface area contributed by atoms with Gasteiger partial charge in [-0.05, 0) is 42.2 Å². The molecular weight excluding hydrogens is 390 g/mol. The summed E-state index contributed by atoms with van der Waals surface area (Å²) in [6.45, 7) is 4.11. The van der Waals surface area contributed by atoms with Crippen molar-refractivity contribution < 1.29 is 14.6 Å². The van der Waals surface area contributed by atoms with Gasteiger partial charge in [-0.15, -0.1) is 0 Å². The van der Waals surface area contributed by atoms with Crippen LogP contribution in [0.2, 0.25) is 0 Å². The van der Waals surface area contributed by atoms with Crippen molar-refractivity contribution in [3.8, 4) is 22.8 Å². The molecule has 6 heteroatoms. The SMILES string of the molecule is CCc1nc(-c2ccc(OC)cc2OC)c(CC)nc1NC1C(O)=Cc2ccccc21. The summed E-state index contributed by atoms with van der Waals surface area (Å²) in [4.78, 5) is 9.90. The number of rotatable bonds is 7. The zero-order valence-corrected chi connectivity index (χ0v) is 18.3. The molecule has 160 valence electrons. The zero-order chi connectivity index (χ0) is 22.0. The summed E-state index contributed by atoms with van der Waals surface area (Å²) in [6.07, 6.45) is 3.20. The smallest absolute Gasteiger partial charge is 0.148 e. The van der Waals surface area contributed by atoms with E-state index in [0.29, 0.717) is 24.4 Å². The number of ether oxygens (including phenoxy) is 2. The molecule has 6 nitrogen and oxygen atoms in total. The number of anilines is 1. The highest BCUT2D eigenvalue weighted by atomic mass is 16.5. The molecule has 0 spiro atoms. The maximum atomic E-state index is 10.5. The van der Waals surface area contributed by atoms with Crippen LogP contribution >= 0.6 is 0 Å². The Bertz CT molecular complexity index is 1140. The Balaban J connectivity index is 1.77. The zero-order valence-electron chi connectivity index (χ0n) is 18.3. The van der Waals surface area contributed by atoms with Crippen LogP contribution in [0.3, 0.4) is 0 Å². The fraction of sp³-hybridized carbons (Fsp3) is 0.280. The third kappa shape index (κ3) is 3.81. The maximum Gasteiger partial charge on any atom is 0.148 e. The summed E-state index contributed by atoms with van der Waals surface area (Å²) in [5.41, 5.74) is 5.42. The molecule has 31 heavy (non-hydrogen) atoms. The lowest BCUT2D eigenvalue weighted by atomic mass is 10.0. The van der Waals surface area contributed by atoms with Crippen LogP contribution in [0.25, 0.3) is 17.3 Å². The Morgan fingerprint density at radius 3 is 2.45 bits per heavy atom. The quantitative estimate of drug-likeness (QED) is 0.540. The van der Waals surface area contributed by atoms with E-state index in [2.05, 4.69) is 12.2 Å². The largest absolute Gasteiger partial charge is 0.510 e. The Morgan fingerprint density at radius 1 is 0.968 bits per heavy atom.